The molecule has 0 aromatic carbocycles. The van der Waals surface area contributed by atoms with Gasteiger partial charge in [0.15, 0.2) is 6.17 Å². The maximum Gasteiger partial charge on any atom is 0.303 e. The second kappa shape index (κ2) is 4.00. The molecule has 0 amide bonds. The average molecular weight is 194 g/mol. The lowest BCUT2D eigenvalue weighted by molar-refractivity contribution is -0.202. The highest BCUT2D eigenvalue weighted by molar-refractivity contribution is 5.66. The van der Waals surface area contributed by atoms with E-state index in [2.05, 4.69) is 9.47 Å². The number of esters is 1. The summed E-state index contributed by atoms with van der Waals surface area (Å²) < 4.78 is 34.9. The Labute approximate surface area is 75.0 Å². The van der Waals surface area contributed by atoms with E-state index in [1.807, 2.05) is 0 Å². The van der Waals surface area contributed by atoms with Crippen LogP contribution >= 0.6 is 0 Å². The molecule has 0 unspecified atom stereocenters. The second-order valence-corrected chi connectivity index (χ2v) is 3.13. The monoisotopic (exact) mass is 194 g/mol. The first-order chi connectivity index (χ1) is 6.00. The standard InChI is InChI=1S/C8H12F2O3/c1-4-3-6(13-5(2)11)7(9)8(10)12-4/h4,6-8H,3H2,1-2H3/t4-,6+,7-,8+/m0/s1. The van der Waals surface area contributed by atoms with Crippen molar-refractivity contribution < 1.29 is 23.0 Å². The van der Waals surface area contributed by atoms with Crippen LogP contribution in [0.4, 0.5) is 8.78 Å². The van der Waals surface area contributed by atoms with Gasteiger partial charge in [0.2, 0.25) is 6.36 Å². The van der Waals surface area contributed by atoms with E-state index in [0.717, 1.165) is 0 Å². The fourth-order valence-electron chi connectivity index (χ4n) is 1.30. The van der Waals surface area contributed by atoms with E-state index in [0.29, 0.717) is 0 Å². The fourth-order valence-corrected chi connectivity index (χ4v) is 1.30. The summed E-state index contributed by atoms with van der Waals surface area (Å²) in [5.74, 6) is -0.603. The van der Waals surface area contributed by atoms with Gasteiger partial charge in [-0.1, -0.05) is 0 Å². The van der Waals surface area contributed by atoms with Crippen molar-refractivity contribution in [2.24, 2.45) is 0 Å². The van der Waals surface area contributed by atoms with Crippen molar-refractivity contribution in [3.63, 3.8) is 0 Å². The summed E-state index contributed by atoms with van der Waals surface area (Å²) in [6.45, 7) is 2.77. The van der Waals surface area contributed by atoms with E-state index in [9.17, 15) is 13.6 Å². The predicted octanol–water partition coefficient (Wildman–Crippen LogP) is 1.36. The van der Waals surface area contributed by atoms with Gasteiger partial charge in [-0.2, -0.15) is 0 Å². The summed E-state index contributed by atoms with van der Waals surface area (Å²) in [5, 5.41) is 0. The minimum atomic E-state index is -1.99. The van der Waals surface area contributed by atoms with Crippen LogP contribution in [-0.4, -0.2) is 30.7 Å². The average Bonchev–Trinajstić information content (AvgIpc) is 1.98. The molecule has 1 fully saturated rings. The Morgan fingerprint density at radius 1 is 1.54 bits per heavy atom. The van der Waals surface area contributed by atoms with Crippen LogP contribution in [0.15, 0.2) is 0 Å². The molecule has 13 heavy (non-hydrogen) atoms. The van der Waals surface area contributed by atoms with Gasteiger partial charge in [0.1, 0.15) is 6.10 Å². The summed E-state index contributed by atoms with van der Waals surface area (Å²) in [7, 11) is 0. The molecule has 5 heteroatoms. The van der Waals surface area contributed by atoms with Crippen LogP contribution in [0.3, 0.4) is 0 Å². The Hall–Kier alpha value is -0.710. The van der Waals surface area contributed by atoms with Gasteiger partial charge in [-0.3, -0.25) is 4.79 Å². The maximum absolute atomic E-state index is 13.0. The molecular formula is C8H12F2O3. The number of rotatable bonds is 1. The molecule has 1 aliphatic rings. The third kappa shape index (κ3) is 2.62. The van der Waals surface area contributed by atoms with E-state index < -0.39 is 30.7 Å². The Morgan fingerprint density at radius 2 is 2.15 bits per heavy atom. The Morgan fingerprint density at radius 3 is 2.69 bits per heavy atom. The lowest BCUT2D eigenvalue weighted by Gasteiger charge is -2.32. The number of halogens is 2. The topological polar surface area (TPSA) is 35.5 Å². The molecule has 76 valence electrons. The number of carbonyl (C=O) groups is 1. The van der Waals surface area contributed by atoms with Crippen molar-refractivity contribution >= 4 is 5.97 Å². The van der Waals surface area contributed by atoms with Crippen LogP contribution in [-0.2, 0) is 14.3 Å². The number of hydrogen-bond acceptors (Lipinski definition) is 3. The van der Waals surface area contributed by atoms with Gasteiger partial charge in [-0.15, -0.1) is 0 Å². The summed E-state index contributed by atoms with van der Waals surface area (Å²) >= 11 is 0. The second-order valence-electron chi connectivity index (χ2n) is 3.13. The lowest BCUT2D eigenvalue weighted by Crippen LogP contribution is -2.44. The van der Waals surface area contributed by atoms with Crippen LogP contribution in [0.5, 0.6) is 0 Å². The molecule has 0 radical (unpaired) electrons. The molecular weight excluding hydrogens is 182 g/mol. The molecule has 1 aliphatic heterocycles. The highest BCUT2D eigenvalue weighted by Gasteiger charge is 2.39. The molecule has 4 atom stereocenters. The van der Waals surface area contributed by atoms with Gasteiger partial charge in [-0.25, -0.2) is 8.78 Å². The fraction of sp³-hybridized carbons (Fsp3) is 0.875. The first-order valence-electron chi connectivity index (χ1n) is 4.11. The van der Waals surface area contributed by atoms with Crippen molar-refractivity contribution in [2.45, 2.75) is 45.0 Å². The molecule has 1 rings (SSSR count). The zero-order valence-electron chi connectivity index (χ0n) is 7.50. The largest absolute Gasteiger partial charge is 0.459 e. The number of ether oxygens (including phenoxy) is 2. The van der Waals surface area contributed by atoms with Gasteiger partial charge in [0.25, 0.3) is 0 Å². The van der Waals surface area contributed by atoms with E-state index in [-0.39, 0.29) is 6.42 Å². The molecule has 0 bridgehead atoms. The quantitative estimate of drug-likeness (QED) is 0.591. The Balaban J connectivity index is 2.55. The Kier molecular flexibility index (Phi) is 3.19. The molecule has 0 aliphatic carbocycles. The van der Waals surface area contributed by atoms with Crippen molar-refractivity contribution in [3.8, 4) is 0 Å². The van der Waals surface area contributed by atoms with Crippen LogP contribution in [0.2, 0.25) is 0 Å². The molecule has 0 aromatic rings. The number of alkyl halides is 2. The smallest absolute Gasteiger partial charge is 0.303 e. The number of carbonyl (C=O) groups excluding carboxylic acids is 1. The zero-order chi connectivity index (χ0) is 10.0. The Bertz CT molecular complexity index is 198. The van der Waals surface area contributed by atoms with Crippen molar-refractivity contribution in [3.05, 3.63) is 0 Å². The molecule has 1 heterocycles. The lowest BCUT2D eigenvalue weighted by atomic mass is 10.1. The molecule has 0 N–H and O–H groups in total. The highest BCUT2D eigenvalue weighted by atomic mass is 19.2. The summed E-state index contributed by atoms with van der Waals surface area (Å²) in [5.41, 5.74) is 0. The third-order valence-corrected chi connectivity index (χ3v) is 1.85. The molecule has 3 nitrogen and oxygen atoms in total. The van der Waals surface area contributed by atoms with Crippen LogP contribution in [0.1, 0.15) is 20.3 Å². The highest BCUT2D eigenvalue weighted by Crippen LogP contribution is 2.25. The molecule has 0 aromatic heterocycles. The van der Waals surface area contributed by atoms with Gasteiger partial charge in [0.05, 0.1) is 6.10 Å². The minimum Gasteiger partial charge on any atom is -0.459 e. The normalized spacial score (nSPS) is 40.0. The van der Waals surface area contributed by atoms with E-state index in [4.69, 9.17) is 0 Å². The molecule has 0 saturated carbocycles. The SMILES string of the molecule is CC(=O)O[C@@H]1C[C@H](C)O[C@@H](F)[C@H]1F. The van der Waals surface area contributed by atoms with Gasteiger partial charge < -0.3 is 9.47 Å². The van der Waals surface area contributed by atoms with Gasteiger partial charge in [0, 0.05) is 13.3 Å². The van der Waals surface area contributed by atoms with Crippen molar-refractivity contribution in [1.82, 2.24) is 0 Å². The third-order valence-electron chi connectivity index (χ3n) is 1.85. The van der Waals surface area contributed by atoms with Crippen LogP contribution < -0.4 is 0 Å². The molecule has 1 saturated heterocycles. The molecule has 0 spiro atoms. The van der Waals surface area contributed by atoms with Crippen molar-refractivity contribution in [1.29, 1.82) is 0 Å². The number of hydrogen-bond donors (Lipinski definition) is 0. The van der Waals surface area contributed by atoms with Gasteiger partial charge >= 0.3 is 5.97 Å². The van der Waals surface area contributed by atoms with Gasteiger partial charge in [-0.05, 0) is 6.92 Å². The zero-order valence-corrected chi connectivity index (χ0v) is 7.50. The predicted molar refractivity (Wildman–Crippen MR) is 40.5 cm³/mol. The summed E-state index contributed by atoms with van der Waals surface area (Å²) in [6, 6.07) is 0. The van der Waals surface area contributed by atoms with E-state index in [1.165, 1.54) is 6.92 Å². The van der Waals surface area contributed by atoms with Crippen LogP contribution in [0.25, 0.3) is 0 Å². The first-order valence-corrected chi connectivity index (χ1v) is 4.11. The summed E-state index contributed by atoms with van der Waals surface area (Å²) in [4.78, 5) is 10.5. The minimum absolute atomic E-state index is 0.196. The summed E-state index contributed by atoms with van der Waals surface area (Å²) in [6.07, 6.45) is -5.11. The maximum atomic E-state index is 13.0. The van der Waals surface area contributed by atoms with Crippen LogP contribution in [0, 0.1) is 0 Å². The van der Waals surface area contributed by atoms with E-state index >= 15 is 0 Å². The van der Waals surface area contributed by atoms with Crippen molar-refractivity contribution in [2.75, 3.05) is 0 Å². The first kappa shape index (κ1) is 10.4. The van der Waals surface area contributed by atoms with E-state index in [1.54, 1.807) is 6.92 Å².